The molecule has 152 valence electrons. The Labute approximate surface area is 188 Å². The van der Waals surface area contributed by atoms with Crippen molar-refractivity contribution in [3.8, 4) is 0 Å². The lowest BCUT2D eigenvalue weighted by Crippen LogP contribution is -2.31. The maximum Gasteiger partial charge on any atom is 0.266 e. The lowest BCUT2D eigenvalue weighted by molar-refractivity contribution is -0.122. The Balaban J connectivity index is 1.36. The average molecular weight is 454 g/mol. The second-order valence-corrected chi connectivity index (χ2v) is 9.42. The number of fused-ring (bicyclic) bond motifs is 1. The molecule has 1 aliphatic heterocycles. The average Bonchev–Trinajstić information content (AvgIpc) is 3.27. The Hall–Kier alpha value is -2.55. The zero-order valence-corrected chi connectivity index (χ0v) is 18.7. The van der Waals surface area contributed by atoms with Crippen LogP contribution in [0.5, 0.6) is 0 Å². The van der Waals surface area contributed by atoms with Crippen LogP contribution in [0, 0.1) is 0 Å². The van der Waals surface area contributed by atoms with Crippen molar-refractivity contribution < 1.29 is 9.59 Å². The van der Waals surface area contributed by atoms with Gasteiger partial charge in [-0.2, -0.15) is 0 Å². The van der Waals surface area contributed by atoms with E-state index in [2.05, 4.69) is 29.4 Å². The fourth-order valence-electron chi connectivity index (χ4n) is 3.01. The number of nitrogens with zero attached hydrogens (tertiary/aromatic N) is 2. The first kappa shape index (κ1) is 20.7. The number of nitrogens with one attached hydrogen (secondary N) is 1. The number of carbonyl (C=O) groups is 2. The van der Waals surface area contributed by atoms with Gasteiger partial charge in [0.1, 0.15) is 4.32 Å². The highest BCUT2D eigenvalue weighted by Crippen LogP contribution is 2.33. The molecule has 0 atom stereocenters. The summed E-state index contributed by atoms with van der Waals surface area (Å²) in [6.45, 7) is 2.35. The number of thiazole rings is 1. The van der Waals surface area contributed by atoms with E-state index in [0.717, 1.165) is 22.2 Å². The van der Waals surface area contributed by atoms with Crippen molar-refractivity contribution in [1.29, 1.82) is 0 Å². The van der Waals surface area contributed by atoms with Gasteiger partial charge in [-0.15, -0.1) is 0 Å². The molecule has 8 heteroatoms. The molecule has 0 spiro atoms. The molecule has 0 bridgehead atoms. The zero-order chi connectivity index (χ0) is 21.1. The van der Waals surface area contributed by atoms with Crippen LogP contribution in [0.1, 0.15) is 24.5 Å². The molecule has 3 aromatic rings. The number of para-hydroxylation sites is 1. The summed E-state index contributed by atoms with van der Waals surface area (Å²) in [7, 11) is 0. The highest BCUT2D eigenvalue weighted by atomic mass is 32.2. The van der Waals surface area contributed by atoms with Crippen LogP contribution in [0.15, 0.2) is 53.4 Å². The van der Waals surface area contributed by atoms with Gasteiger partial charge in [0, 0.05) is 13.0 Å². The maximum absolute atomic E-state index is 12.7. The molecule has 0 aliphatic carbocycles. The standard InChI is InChI=1S/C22H19N3O2S3/c1-2-14-7-9-15(10-8-14)13-18-20(27)25(22(28)30-18)12-11-19(26)24-21-23-16-5-3-4-6-17(16)29-21/h3-10,13H,2,11-12H2,1H3,(H,23,24,26)/b18-13-. The van der Waals surface area contributed by atoms with E-state index in [1.165, 1.54) is 33.6 Å². The van der Waals surface area contributed by atoms with Gasteiger partial charge >= 0.3 is 0 Å². The number of rotatable bonds is 6. The quantitative estimate of drug-likeness (QED) is 0.416. The molecule has 1 N–H and O–H groups in total. The van der Waals surface area contributed by atoms with Crippen molar-refractivity contribution in [2.45, 2.75) is 19.8 Å². The predicted octanol–water partition coefficient (Wildman–Crippen LogP) is 5.09. The van der Waals surface area contributed by atoms with Crippen LogP contribution in [-0.2, 0) is 16.0 Å². The van der Waals surface area contributed by atoms with Gasteiger partial charge in [0.25, 0.3) is 5.91 Å². The van der Waals surface area contributed by atoms with E-state index in [1.807, 2.05) is 42.5 Å². The molecule has 2 amide bonds. The van der Waals surface area contributed by atoms with Crippen molar-refractivity contribution in [3.63, 3.8) is 0 Å². The fourth-order valence-corrected chi connectivity index (χ4v) is 5.21. The number of aromatic nitrogens is 1. The zero-order valence-electron chi connectivity index (χ0n) is 16.3. The van der Waals surface area contributed by atoms with E-state index in [1.54, 1.807) is 0 Å². The predicted molar refractivity (Wildman–Crippen MR) is 129 cm³/mol. The van der Waals surface area contributed by atoms with E-state index >= 15 is 0 Å². The first-order valence-electron chi connectivity index (χ1n) is 9.53. The van der Waals surface area contributed by atoms with Crippen molar-refractivity contribution in [2.75, 3.05) is 11.9 Å². The van der Waals surface area contributed by atoms with Gasteiger partial charge in [-0.05, 0) is 35.8 Å². The summed E-state index contributed by atoms with van der Waals surface area (Å²) in [5.74, 6) is -0.348. The summed E-state index contributed by atoms with van der Waals surface area (Å²) >= 11 is 8.06. The first-order valence-corrected chi connectivity index (χ1v) is 11.6. The molecule has 2 aromatic carbocycles. The molecular weight excluding hydrogens is 434 g/mol. The molecule has 1 aliphatic rings. The van der Waals surface area contributed by atoms with Crippen LogP contribution in [0.4, 0.5) is 5.13 Å². The van der Waals surface area contributed by atoms with Crippen LogP contribution in [0.25, 0.3) is 16.3 Å². The monoisotopic (exact) mass is 453 g/mol. The number of carbonyl (C=O) groups excluding carboxylic acids is 2. The molecule has 0 radical (unpaired) electrons. The Morgan fingerprint density at radius 2 is 1.97 bits per heavy atom. The van der Waals surface area contributed by atoms with Gasteiger partial charge in [0.2, 0.25) is 5.91 Å². The van der Waals surface area contributed by atoms with E-state index < -0.39 is 0 Å². The van der Waals surface area contributed by atoms with Gasteiger partial charge in [0.05, 0.1) is 15.1 Å². The molecule has 0 unspecified atom stereocenters. The number of benzene rings is 2. The van der Waals surface area contributed by atoms with Gasteiger partial charge in [-0.3, -0.25) is 14.5 Å². The topological polar surface area (TPSA) is 62.3 Å². The minimum absolute atomic E-state index is 0.154. The van der Waals surface area contributed by atoms with Crippen molar-refractivity contribution in [3.05, 3.63) is 64.6 Å². The number of hydrogen-bond donors (Lipinski definition) is 1. The summed E-state index contributed by atoms with van der Waals surface area (Å²) in [5, 5.41) is 3.37. The summed E-state index contributed by atoms with van der Waals surface area (Å²) in [4.78, 5) is 31.6. The molecule has 4 rings (SSSR count). The molecule has 0 saturated carbocycles. The molecule has 30 heavy (non-hydrogen) atoms. The van der Waals surface area contributed by atoms with E-state index in [4.69, 9.17) is 12.2 Å². The number of thioether (sulfide) groups is 1. The van der Waals surface area contributed by atoms with Gasteiger partial charge < -0.3 is 5.32 Å². The number of amides is 2. The summed E-state index contributed by atoms with van der Waals surface area (Å²) < 4.78 is 1.49. The third-order valence-corrected chi connectivity index (χ3v) is 6.99. The van der Waals surface area contributed by atoms with E-state index in [0.29, 0.717) is 14.4 Å². The molecule has 1 saturated heterocycles. The van der Waals surface area contributed by atoms with Crippen molar-refractivity contribution >= 4 is 72.9 Å². The normalized spacial score (nSPS) is 15.4. The van der Waals surface area contributed by atoms with Crippen molar-refractivity contribution in [1.82, 2.24) is 9.88 Å². The van der Waals surface area contributed by atoms with Crippen LogP contribution < -0.4 is 5.32 Å². The van der Waals surface area contributed by atoms with Crippen LogP contribution in [0.3, 0.4) is 0 Å². The van der Waals surface area contributed by atoms with Crippen LogP contribution >= 0.6 is 35.3 Å². The summed E-state index contributed by atoms with van der Waals surface area (Å²) in [6.07, 6.45) is 2.97. The Morgan fingerprint density at radius 1 is 1.20 bits per heavy atom. The Bertz CT molecular complexity index is 1120. The van der Waals surface area contributed by atoms with Crippen LogP contribution in [0.2, 0.25) is 0 Å². The minimum atomic E-state index is -0.192. The maximum atomic E-state index is 12.7. The molecule has 1 aromatic heterocycles. The van der Waals surface area contributed by atoms with Gasteiger partial charge in [-0.1, -0.05) is 78.6 Å². The van der Waals surface area contributed by atoms with E-state index in [9.17, 15) is 9.59 Å². The van der Waals surface area contributed by atoms with Crippen LogP contribution in [-0.4, -0.2) is 32.6 Å². The Kier molecular flexibility index (Phi) is 6.26. The number of aryl methyl sites for hydroxylation is 1. The Morgan fingerprint density at radius 3 is 2.70 bits per heavy atom. The highest BCUT2D eigenvalue weighted by Gasteiger charge is 2.32. The van der Waals surface area contributed by atoms with E-state index in [-0.39, 0.29) is 24.8 Å². The third-order valence-electron chi connectivity index (χ3n) is 4.66. The first-order chi connectivity index (χ1) is 14.5. The summed E-state index contributed by atoms with van der Waals surface area (Å²) in [5.41, 5.74) is 3.06. The molecule has 1 fully saturated rings. The molecule has 5 nitrogen and oxygen atoms in total. The highest BCUT2D eigenvalue weighted by molar-refractivity contribution is 8.26. The van der Waals surface area contributed by atoms with Gasteiger partial charge in [0.15, 0.2) is 5.13 Å². The fraction of sp³-hybridized carbons (Fsp3) is 0.182. The second-order valence-electron chi connectivity index (χ2n) is 6.71. The molecule has 2 heterocycles. The SMILES string of the molecule is CCc1ccc(/C=C2\SC(=S)N(CCC(=O)Nc3nc4ccccc4s3)C2=O)cc1. The van der Waals surface area contributed by atoms with Crippen molar-refractivity contribution in [2.24, 2.45) is 0 Å². The largest absolute Gasteiger partial charge is 0.302 e. The molecular formula is C22H19N3O2S3. The number of anilines is 1. The lowest BCUT2D eigenvalue weighted by Gasteiger charge is -2.13. The smallest absolute Gasteiger partial charge is 0.266 e. The second kappa shape index (κ2) is 9.07. The number of thiocarbonyl (C=S) groups is 1. The van der Waals surface area contributed by atoms with Gasteiger partial charge in [-0.25, -0.2) is 4.98 Å². The minimum Gasteiger partial charge on any atom is -0.302 e. The summed E-state index contributed by atoms with van der Waals surface area (Å²) in [6, 6.07) is 15.8. The lowest BCUT2D eigenvalue weighted by atomic mass is 10.1. The third kappa shape index (κ3) is 4.61. The number of hydrogen-bond acceptors (Lipinski definition) is 6.